The van der Waals surface area contributed by atoms with E-state index in [1.165, 1.54) is 72.8 Å². The lowest BCUT2D eigenvalue weighted by molar-refractivity contribution is 0.627. The molecule has 0 aliphatic carbocycles. The molecule has 0 N–H and O–H groups in total. The Morgan fingerprint density at radius 2 is 1.52 bits per heavy atom. The van der Waals surface area contributed by atoms with Gasteiger partial charge in [-0.15, -0.1) is 0 Å². The third-order valence-electron chi connectivity index (χ3n) is 3.99. The molecule has 2 aromatic carbocycles. The summed E-state index contributed by atoms with van der Waals surface area (Å²) < 4.78 is 0. The number of rotatable bonds is 10. The van der Waals surface area contributed by atoms with Gasteiger partial charge >= 0.3 is 0 Å². The van der Waals surface area contributed by atoms with Crippen LogP contribution >= 0.6 is 11.8 Å². The fourth-order valence-electron chi connectivity index (χ4n) is 2.67. The average molecular weight is 301 g/mol. The first-order chi connectivity index (χ1) is 10.4. The van der Waals surface area contributed by atoms with Crippen LogP contribution in [0.25, 0.3) is 10.8 Å². The summed E-state index contributed by atoms with van der Waals surface area (Å²) in [5.41, 5.74) is 1.48. The molecule has 0 aromatic heterocycles. The Labute approximate surface area is 134 Å². The summed E-state index contributed by atoms with van der Waals surface area (Å²) in [5.74, 6) is 2.59. The van der Waals surface area contributed by atoms with Crippen LogP contribution < -0.4 is 0 Å². The third kappa shape index (κ3) is 6.13. The van der Waals surface area contributed by atoms with Crippen LogP contribution in [0.4, 0.5) is 0 Å². The molecule has 2 aromatic rings. The normalized spacial score (nSPS) is 11.1. The first-order valence-corrected chi connectivity index (χ1v) is 9.61. The molecule has 0 saturated heterocycles. The minimum atomic E-state index is 1.20. The van der Waals surface area contributed by atoms with E-state index in [1.54, 1.807) is 0 Å². The van der Waals surface area contributed by atoms with E-state index in [9.17, 15) is 0 Å². The molecule has 114 valence electrons. The largest absolute Gasteiger partial charge is 0.162 e. The zero-order valence-electron chi connectivity index (χ0n) is 13.3. The summed E-state index contributed by atoms with van der Waals surface area (Å²) >= 11 is 2.12. The molecule has 0 spiro atoms. The van der Waals surface area contributed by atoms with Crippen LogP contribution in [0.15, 0.2) is 42.5 Å². The molecule has 21 heavy (non-hydrogen) atoms. The number of unbranched alkanes of at least 4 members (excludes halogenated alkanes) is 5. The standard InChI is InChI=1S/C20H28S/c1-2-3-4-5-6-9-15-21-16-14-18-12-13-19-10-7-8-11-20(19)17-18/h7-8,10-13,17H,2-6,9,14-16H2,1H3. The van der Waals surface area contributed by atoms with Crippen molar-refractivity contribution in [3.8, 4) is 0 Å². The van der Waals surface area contributed by atoms with Gasteiger partial charge in [-0.05, 0) is 40.7 Å². The van der Waals surface area contributed by atoms with E-state index < -0.39 is 0 Å². The molecule has 1 heteroatoms. The van der Waals surface area contributed by atoms with E-state index in [0.29, 0.717) is 0 Å². The summed E-state index contributed by atoms with van der Waals surface area (Å²) in [6.45, 7) is 2.28. The maximum absolute atomic E-state index is 2.35. The predicted octanol–water partition coefficient (Wildman–Crippen LogP) is 6.48. The Morgan fingerprint density at radius 1 is 0.762 bits per heavy atom. The smallest absolute Gasteiger partial charge is 0.00270 e. The summed E-state index contributed by atoms with van der Waals surface area (Å²) in [7, 11) is 0. The lowest BCUT2D eigenvalue weighted by Gasteiger charge is -2.04. The number of hydrogen-bond acceptors (Lipinski definition) is 1. The zero-order valence-corrected chi connectivity index (χ0v) is 14.1. The molecular formula is C20H28S. The lowest BCUT2D eigenvalue weighted by atomic mass is 10.1. The van der Waals surface area contributed by atoms with E-state index >= 15 is 0 Å². The highest BCUT2D eigenvalue weighted by Crippen LogP contribution is 2.17. The molecule has 0 saturated carbocycles. The number of fused-ring (bicyclic) bond motifs is 1. The van der Waals surface area contributed by atoms with Crippen molar-refractivity contribution in [3.63, 3.8) is 0 Å². The molecule has 0 heterocycles. The van der Waals surface area contributed by atoms with Gasteiger partial charge in [0, 0.05) is 0 Å². The fraction of sp³-hybridized carbons (Fsp3) is 0.500. The van der Waals surface area contributed by atoms with Gasteiger partial charge in [0.2, 0.25) is 0 Å². The molecule has 0 unspecified atom stereocenters. The maximum atomic E-state index is 2.35. The minimum Gasteiger partial charge on any atom is -0.162 e. The van der Waals surface area contributed by atoms with Crippen LogP contribution in [-0.4, -0.2) is 11.5 Å². The molecule has 0 atom stereocenters. The van der Waals surface area contributed by atoms with Crippen molar-refractivity contribution in [2.45, 2.75) is 51.9 Å². The van der Waals surface area contributed by atoms with E-state index in [2.05, 4.69) is 61.2 Å². The Morgan fingerprint density at radius 3 is 2.38 bits per heavy atom. The Kier molecular flexibility index (Phi) is 7.73. The lowest BCUT2D eigenvalue weighted by Crippen LogP contribution is -1.91. The van der Waals surface area contributed by atoms with Crippen molar-refractivity contribution in [1.29, 1.82) is 0 Å². The van der Waals surface area contributed by atoms with Gasteiger partial charge < -0.3 is 0 Å². The van der Waals surface area contributed by atoms with E-state index in [-0.39, 0.29) is 0 Å². The van der Waals surface area contributed by atoms with Gasteiger partial charge in [-0.3, -0.25) is 0 Å². The number of aryl methyl sites for hydroxylation is 1. The second-order valence-electron chi connectivity index (χ2n) is 5.81. The van der Waals surface area contributed by atoms with Crippen LogP contribution in [0, 0.1) is 0 Å². The predicted molar refractivity (Wildman–Crippen MR) is 98.4 cm³/mol. The second kappa shape index (κ2) is 9.89. The van der Waals surface area contributed by atoms with E-state index in [1.807, 2.05) is 0 Å². The summed E-state index contributed by atoms with van der Waals surface area (Å²) in [6.07, 6.45) is 9.63. The van der Waals surface area contributed by atoms with Crippen LogP contribution in [0.3, 0.4) is 0 Å². The van der Waals surface area contributed by atoms with Gasteiger partial charge in [0.1, 0.15) is 0 Å². The molecule has 2 rings (SSSR count). The second-order valence-corrected chi connectivity index (χ2v) is 7.04. The van der Waals surface area contributed by atoms with E-state index in [0.717, 1.165) is 0 Å². The SMILES string of the molecule is CCCCCCCCSCCc1ccc2ccccc2c1. The Hall–Kier alpha value is -0.950. The van der Waals surface area contributed by atoms with Gasteiger partial charge in [-0.2, -0.15) is 11.8 Å². The molecule has 0 bridgehead atoms. The van der Waals surface area contributed by atoms with Crippen molar-refractivity contribution in [2.75, 3.05) is 11.5 Å². The van der Waals surface area contributed by atoms with Gasteiger partial charge in [0.05, 0.1) is 0 Å². The molecule has 0 aliphatic heterocycles. The molecule has 0 nitrogen and oxygen atoms in total. The van der Waals surface area contributed by atoms with Crippen molar-refractivity contribution in [1.82, 2.24) is 0 Å². The molecule has 0 fully saturated rings. The highest BCUT2D eigenvalue weighted by molar-refractivity contribution is 7.99. The number of hydrogen-bond donors (Lipinski definition) is 0. The third-order valence-corrected chi connectivity index (χ3v) is 5.06. The minimum absolute atomic E-state index is 1.20. The quantitative estimate of drug-likeness (QED) is 0.453. The topological polar surface area (TPSA) is 0 Å². The molecular weight excluding hydrogens is 272 g/mol. The Bertz CT molecular complexity index is 518. The van der Waals surface area contributed by atoms with Crippen LogP contribution in [0.1, 0.15) is 51.0 Å². The van der Waals surface area contributed by atoms with E-state index in [4.69, 9.17) is 0 Å². The van der Waals surface area contributed by atoms with Crippen LogP contribution in [0.5, 0.6) is 0 Å². The Balaban J connectivity index is 1.59. The summed E-state index contributed by atoms with van der Waals surface area (Å²) in [4.78, 5) is 0. The zero-order chi connectivity index (χ0) is 14.8. The van der Waals surface area contributed by atoms with Crippen LogP contribution in [-0.2, 0) is 6.42 Å². The van der Waals surface area contributed by atoms with Crippen LogP contribution in [0.2, 0.25) is 0 Å². The first-order valence-electron chi connectivity index (χ1n) is 8.45. The highest BCUT2D eigenvalue weighted by Gasteiger charge is 1.97. The van der Waals surface area contributed by atoms with Crippen molar-refractivity contribution < 1.29 is 0 Å². The molecule has 0 radical (unpaired) electrons. The fourth-order valence-corrected chi connectivity index (χ4v) is 3.66. The highest BCUT2D eigenvalue weighted by atomic mass is 32.2. The van der Waals surface area contributed by atoms with Gasteiger partial charge in [-0.25, -0.2) is 0 Å². The van der Waals surface area contributed by atoms with Gasteiger partial charge in [0.15, 0.2) is 0 Å². The molecule has 0 amide bonds. The number of benzene rings is 2. The van der Waals surface area contributed by atoms with Crippen molar-refractivity contribution in [3.05, 3.63) is 48.0 Å². The summed E-state index contributed by atoms with van der Waals surface area (Å²) in [6, 6.07) is 15.5. The van der Waals surface area contributed by atoms with Crippen molar-refractivity contribution >= 4 is 22.5 Å². The van der Waals surface area contributed by atoms with Gasteiger partial charge in [-0.1, -0.05) is 81.5 Å². The monoisotopic (exact) mass is 300 g/mol. The maximum Gasteiger partial charge on any atom is -0.00270 e. The first kappa shape index (κ1) is 16.4. The summed E-state index contributed by atoms with van der Waals surface area (Å²) in [5, 5.41) is 2.72. The number of thioether (sulfide) groups is 1. The van der Waals surface area contributed by atoms with Gasteiger partial charge in [0.25, 0.3) is 0 Å². The average Bonchev–Trinajstić information content (AvgIpc) is 2.53. The molecule has 0 aliphatic rings. The van der Waals surface area contributed by atoms with Crippen molar-refractivity contribution in [2.24, 2.45) is 0 Å².